The number of carboxylic acids is 1. The third kappa shape index (κ3) is 5.45. The molecule has 0 aromatic rings. The fourth-order valence-corrected chi connectivity index (χ4v) is 2.71. The molecule has 1 saturated carbocycles. The molecule has 1 fully saturated rings. The molecular weight excluding hydrogens is 242 g/mol. The Hall–Kier alpha value is -1.32. The summed E-state index contributed by atoms with van der Waals surface area (Å²) < 4.78 is 0. The van der Waals surface area contributed by atoms with Crippen molar-refractivity contribution in [3.63, 3.8) is 0 Å². The molecule has 2 unspecified atom stereocenters. The van der Waals surface area contributed by atoms with E-state index < -0.39 is 12.0 Å². The largest absolute Gasteiger partial charge is 0.480 e. The minimum absolute atomic E-state index is 0.103. The number of carbonyl (C=O) groups excluding carboxylic acids is 1. The van der Waals surface area contributed by atoms with Crippen molar-refractivity contribution >= 4 is 11.9 Å². The van der Waals surface area contributed by atoms with Crippen molar-refractivity contribution in [3.05, 3.63) is 12.7 Å². The second kappa shape index (κ2) is 7.97. The first-order chi connectivity index (χ1) is 9.04. The number of hydrogen-bond acceptors (Lipinski definition) is 2. The van der Waals surface area contributed by atoms with Gasteiger partial charge in [-0.25, -0.2) is 4.79 Å². The second-order valence-corrected chi connectivity index (χ2v) is 5.55. The Bertz CT molecular complexity index is 321. The first kappa shape index (κ1) is 15.7. The van der Waals surface area contributed by atoms with Gasteiger partial charge in [-0.05, 0) is 25.2 Å². The predicted octanol–water partition coefficient (Wildman–Crippen LogP) is 2.74. The molecule has 1 aliphatic carbocycles. The average molecular weight is 267 g/mol. The van der Waals surface area contributed by atoms with Crippen LogP contribution in [-0.2, 0) is 9.59 Å². The minimum atomic E-state index is -0.969. The standard InChI is InChI=1S/C15H25NO3/c1-3-4-9-13(15(18)19)16-14(17)11(2)10-12-7-5-6-8-12/h3,11-13H,1,4-10H2,2H3,(H,16,17)(H,18,19). The average Bonchev–Trinajstić information content (AvgIpc) is 2.86. The summed E-state index contributed by atoms with van der Waals surface area (Å²) in [6.45, 7) is 5.46. The van der Waals surface area contributed by atoms with Gasteiger partial charge in [-0.15, -0.1) is 6.58 Å². The number of carbonyl (C=O) groups is 2. The van der Waals surface area contributed by atoms with E-state index in [4.69, 9.17) is 5.11 Å². The maximum atomic E-state index is 12.0. The van der Waals surface area contributed by atoms with Crippen LogP contribution in [0.4, 0.5) is 0 Å². The lowest BCUT2D eigenvalue weighted by molar-refractivity contribution is -0.142. The summed E-state index contributed by atoms with van der Waals surface area (Å²) >= 11 is 0. The molecule has 2 N–H and O–H groups in total. The van der Waals surface area contributed by atoms with E-state index in [0.29, 0.717) is 18.8 Å². The molecule has 2 atom stereocenters. The molecule has 0 saturated heterocycles. The van der Waals surface area contributed by atoms with E-state index in [1.165, 1.54) is 25.7 Å². The highest BCUT2D eigenvalue weighted by Crippen LogP contribution is 2.30. The van der Waals surface area contributed by atoms with Crippen molar-refractivity contribution in [1.29, 1.82) is 0 Å². The van der Waals surface area contributed by atoms with Gasteiger partial charge in [0.15, 0.2) is 0 Å². The van der Waals surface area contributed by atoms with Gasteiger partial charge >= 0.3 is 5.97 Å². The number of rotatable bonds is 8. The predicted molar refractivity (Wildman–Crippen MR) is 74.7 cm³/mol. The lowest BCUT2D eigenvalue weighted by atomic mass is 9.93. The number of aliphatic carboxylic acids is 1. The molecule has 0 bridgehead atoms. The van der Waals surface area contributed by atoms with Crippen LogP contribution in [0.3, 0.4) is 0 Å². The Morgan fingerprint density at radius 1 is 1.42 bits per heavy atom. The van der Waals surface area contributed by atoms with Crippen LogP contribution < -0.4 is 5.32 Å². The summed E-state index contributed by atoms with van der Waals surface area (Å²) in [5.41, 5.74) is 0. The van der Waals surface area contributed by atoms with Crippen LogP contribution in [0.25, 0.3) is 0 Å². The van der Waals surface area contributed by atoms with Crippen LogP contribution in [0.15, 0.2) is 12.7 Å². The van der Waals surface area contributed by atoms with Crippen molar-refractivity contribution in [3.8, 4) is 0 Å². The van der Waals surface area contributed by atoms with Crippen molar-refractivity contribution in [2.75, 3.05) is 0 Å². The van der Waals surface area contributed by atoms with Crippen LogP contribution >= 0.6 is 0 Å². The van der Waals surface area contributed by atoms with Crippen LogP contribution in [0.5, 0.6) is 0 Å². The highest BCUT2D eigenvalue weighted by Gasteiger charge is 2.25. The molecule has 0 heterocycles. The molecule has 0 aromatic carbocycles. The molecule has 4 nitrogen and oxygen atoms in total. The zero-order valence-electron chi connectivity index (χ0n) is 11.7. The van der Waals surface area contributed by atoms with Gasteiger partial charge < -0.3 is 10.4 Å². The molecule has 0 aliphatic heterocycles. The van der Waals surface area contributed by atoms with Gasteiger partial charge in [-0.1, -0.05) is 38.7 Å². The number of amides is 1. The van der Waals surface area contributed by atoms with Crippen LogP contribution in [0, 0.1) is 11.8 Å². The van der Waals surface area contributed by atoms with E-state index >= 15 is 0 Å². The van der Waals surface area contributed by atoms with E-state index in [1.807, 2.05) is 6.92 Å². The molecule has 1 amide bonds. The minimum Gasteiger partial charge on any atom is -0.480 e. The molecule has 0 spiro atoms. The van der Waals surface area contributed by atoms with Gasteiger partial charge in [-0.3, -0.25) is 4.79 Å². The summed E-state index contributed by atoms with van der Waals surface area (Å²) in [6.07, 6.45) is 8.47. The molecule has 0 radical (unpaired) electrons. The number of carboxylic acid groups (broad SMARTS) is 1. The summed E-state index contributed by atoms with van der Waals surface area (Å²) in [4.78, 5) is 23.1. The van der Waals surface area contributed by atoms with E-state index in [-0.39, 0.29) is 11.8 Å². The van der Waals surface area contributed by atoms with E-state index in [0.717, 1.165) is 6.42 Å². The Morgan fingerprint density at radius 2 is 2.05 bits per heavy atom. The maximum absolute atomic E-state index is 12.0. The zero-order valence-corrected chi connectivity index (χ0v) is 11.7. The molecule has 4 heteroatoms. The molecule has 1 rings (SSSR count). The van der Waals surface area contributed by atoms with Crippen molar-refractivity contribution in [2.45, 2.75) is 57.9 Å². The van der Waals surface area contributed by atoms with Crippen LogP contribution in [0.1, 0.15) is 51.9 Å². The monoisotopic (exact) mass is 267 g/mol. The van der Waals surface area contributed by atoms with Gasteiger partial charge in [0, 0.05) is 5.92 Å². The van der Waals surface area contributed by atoms with E-state index in [9.17, 15) is 9.59 Å². The Kier molecular flexibility index (Phi) is 6.60. The van der Waals surface area contributed by atoms with Crippen molar-refractivity contribution in [1.82, 2.24) is 5.32 Å². The SMILES string of the molecule is C=CCCC(NC(=O)C(C)CC1CCCC1)C(=O)O. The normalized spacial score (nSPS) is 18.8. The highest BCUT2D eigenvalue weighted by atomic mass is 16.4. The molecule has 19 heavy (non-hydrogen) atoms. The summed E-state index contributed by atoms with van der Waals surface area (Å²) in [6, 6.07) is -0.795. The third-order valence-electron chi connectivity index (χ3n) is 3.88. The summed E-state index contributed by atoms with van der Waals surface area (Å²) in [5.74, 6) is -0.572. The third-order valence-corrected chi connectivity index (χ3v) is 3.88. The summed E-state index contributed by atoms with van der Waals surface area (Å²) in [7, 11) is 0. The molecule has 1 aliphatic rings. The Balaban J connectivity index is 2.40. The molecule has 108 valence electrons. The molecular formula is C15H25NO3. The highest BCUT2D eigenvalue weighted by molar-refractivity contribution is 5.84. The number of hydrogen-bond donors (Lipinski definition) is 2. The second-order valence-electron chi connectivity index (χ2n) is 5.55. The first-order valence-electron chi connectivity index (χ1n) is 7.18. The van der Waals surface area contributed by atoms with Gasteiger partial charge in [-0.2, -0.15) is 0 Å². The van der Waals surface area contributed by atoms with Gasteiger partial charge in [0.25, 0.3) is 0 Å². The lowest BCUT2D eigenvalue weighted by Crippen LogP contribution is -2.43. The Morgan fingerprint density at radius 3 is 2.58 bits per heavy atom. The van der Waals surface area contributed by atoms with Gasteiger partial charge in [0.2, 0.25) is 5.91 Å². The quantitative estimate of drug-likeness (QED) is 0.664. The van der Waals surface area contributed by atoms with Crippen LogP contribution in [-0.4, -0.2) is 23.0 Å². The maximum Gasteiger partial charge on any atom is 0.326 e. The number of nitrogens with one attached hydrogen (secondary N) is 1. The smallest absolute Gasteiger partial charge is 0.326 e. The topological polar surface area (TPSA) is 66.4 Å². The fourth-order valence-electron chi connectivity index (χ4n) is 2.71. The summed E-state index contributed by atoms with van der Waals surface area (Å²) in [5, 5.41) is 11.7. The first-order valence-corrected chi connectivity index (χ1v) is 7.18. The van der Waals surface area contributed by atoms with Gasteiger partial charge in [0.05, 0.1) is 0 Å². The van der Waals surface area contributed by atoms with Crippen molar-refractivity contribution < 1.29 is 14.7 Å². The Labute approximate surface area is 115 Å². The van der Waals surface area contributed by atoms with E-state index in [2.05, 4.69) is 11.9 Å². The zero-order chi connectivity index (χ0) is 14.3. The van der Waals surface area contributed by atoms with Crippen LogP contribution in [0.2, 0.25) is 0 Å². The number of allylic oxidation sites excluding steroid dienone is 1. The van der Waals surface area contributed by atoms with Gasteiger partial charge in [0.1, 0.15) is 6.04 Å². The fraction of sp³-hybridized carbons (Fsp3) is 0.733. The van der Waals surface area contributed by atoms with E-state index in [1.54, 1.807) is 6.08 Å². The lowest BCUT2D eigenvalue weighted by Gasteiger charge is -2.19. The van der Waals surface area contributed by atoms with Crippen molar-refractivity contribution in [2.24, 2.45) is 11.8 Å². The molecule has 0 aromatic heterocycles.